The van der Waals surface area contributed by atoms with Crippen molar-refractivity contribution in [1.82, 2.24) is 9.88 Å². The van der Waals surface area contributed by atoms with Gasteiger partial charge in [-0.1, -0.05) is 18.2 Å². The van der Waals surface area contributed by atoms with Gasteiger partial charge >= 0.3 is 0 Å². The second kappa shape index (κ2) is 4.85. The van der Waals surface area contributed by atoms with E-state index in [1.807, 2.05) is 30.5 Å². The Bertz CT molecular complexity index is 754. The zero-order chi connectivity index (χ0) is 14.1. The van der Waals surface area contributed by atoms with Gasteiger partial charge in [0.15, 0.2) is 0 Å². The molecule has 2 aromatic carbocycles. The summed E-state index contributed by atoms with van der Waals surface area (Å²) >= 11 is 0. The zero-order valence-electron chi connectivity index (χ0n) is 11.6. The smallest absolute Gasteiger partial charge is 0.253 e. The molecule has 1 heterocycles. The zero-order valence-corrected chi connectivity index (χ0v) is 11.6. The van der Waals surface area contributed by atoms with Gasteiger partial charge in [0.25, 0.3) is 5.91 Å². The maximum atomic E-state index is 11.9. The summed E-state index contributed by atoms with van der Waals surface area (Å²) in [7, 11) is 3.52. The van der Waals surface area contributed by atoms with Crippen LogP contribution in [-0.4, -0.2) is 29.9 Å². The summed E-state index contributed by atoms with van der Waals surface area (Å²) in [5.74, 6) is 0.0256. The van der Waals surface area contributed by atoms with Crippen LogP contribution in [0.15, 0.2) is 54.7 Å². The van der Waals surface area contributed by atoms with Gasteiger partial charge in [0.2, 0.25) is 0 Å². The number of nitrogens with one attached hydrogen (secondary N) is 1. The number of carbonyl (C=O) groups is 1. The van der Waals surface area contributed by atoms with Crippen LogP contribution in [0, 0.1) is 0 Å². The molecule has 100 valence electrons. The predicted octanol–water partition coefficient (Wildman–Crippen LogP) is 3.54. The van der Waals surface area contributed by atoms with Crippen molar-refractivity contribution in [2.75, 3.05) is 14.1 Å². The molecule has 3 aromatic rings. The van der Waals surface area contributed by atoms with E-state index in [9.17, 15) is 4.79 Å². The molecule has 1 aromatic heterocycles. The predicted molar refractivity (Wildman–Crippen MR) is 81.8 cm³/mol. The monoisotopic (exact) mass is 264 g/mol. The summed E-state index contributed by atoms with van der Waals surface area (Å²) in [5, 5.41) is 1.19. The van der Waals surface area contributed by atoms with E-state index in [-0.39, 0.29) is 5.91 Å². The third kappa shape index (κ3) is 2.18. The molecular formula is C17H16N2O. The molecule has 3 heteroatoms. The summed E-state index contributed by atoms with van der Waals surface area (Å²) in [5.41, 5.74) is 4.11. The number of aromatic amines is 1. The van der Waals surface area contributed by atoms with Crippen LogP contribution >= 0.6 is 0 Å². The van der Waals surface area contributed by atoms with Gasteiger partial charge in [-0.2, -0.15) is 0 Å². The SMILES string of the molecule is CN(C)C(=O)c1ccc(-c2ccc3[nH]ccc3c2)cc1. The maximum absolute atomic E-state index is 11.9. The molecule has 0 saturated heterocycles. The average Bonchev–Trinajstić information content (AvgIpc) is 2.94. The van der Waals surface area contributed by atoms with Crippen LogP contribution in [0.25, 0.3) is 22.0 Å². The molecule has 0 unspecified atom stereocenters. The number of nitrogens with zero attached hydrogens (tertiary/aromatic N) is 1. The van der Waals surface area contributed by atoms with E-state index in [0.29, 0.717) is 5.56 Å². The van der Waals surface area contributed by atoms with E-state index >= 15 is 0 Å². The van der Waals surface area contributed by atoms with Crippen molar-refractivity contribution < 1.29 is 4.79 Å². The quantitative estimate of drug-likeness (QED) is 0.755. The van der Waals surface area contributed by atoms with E-state index in [4.69, 9.17) is 0 Å². The highest BCUT2D eigenvalue weighted by molar-refractivity contribution is 5.94. The maximum Gasteiger partial charge on any atom is 0.253 e. The Balaban J connectivity index is 1.96. The highest BCUT2D eigenvalue weighted by Crippen LogP contribution is 2.24. The van der Waals surface area contributed by atoms with Crippen LogP contribution in [-0.2, 0) is 0 Å². The first-order valence-electron chi connectivity index (χ1n) is 6.54. The van der Waals surface area contributed by atoms with Gasteiger partial charge in [-0.15, -0.1) is 0 Å². The lowest BCUT2D eigenvalue weighted by molar-refractivity contribution is 0.0827. The molecular weight excluding hydrogens is 248 g/mol. The van der Waals surface area contributed by atoms with Crippen LogP contribution in [0.3, 0.4) is 0 Å². The summed E-state index contributed by atoms with van der Waals surface area (Å²) in [4.78, 5) is 16.6. The highest BCUT2D eigenvalue weighted by atomic mass is 16.2. The molecule has 0 aliphatic rings. The van der Waals surface area contributed by atoms with Crippen molar-refractivity contribution in [2.45, 2.75) is 0 Å². The lowest BCUT2D eigenvalue weighted by Gasteiger charge is -2.10. The molecule has 3 rings (SSSR count). The van der Waals surface area contributed by atoms with E-state index in [1.54, 1.807) is 19.0 Å². The molecule has 0 aliphatic heterocycles. The number of carbonyl (C=O) groups excluding carboxylic acids is 1. The molecule has 0 spiro atoms. The summed E-state index contributed by atoms with van der Waals surface area (Å²) in [6.07, 6.45) is 1.94. The Kier molecular flexibility index (Phi) is 3.03. The van der Waals surface area contributed by atoms with Crippen LogP contribution < -0.4 is 0 Å². The van der Waals surface area contributed by atoms with Crippen molar-refractivity contribution in [3.05, 3.63) is 60.3 Å². The lowest BCUT2D eigenvalue weighted by Crippen LogP contribution is -2.21. The molecule has 0 saturated carbocycles. The molecule has 0 aliphatic carbocycles. The van der Waals surface area contributed by atoms with Crippen LogP contribution in [0.5, 0.6) is 0 Å². The minimum Gasteiger partial charge on any atom is -0.361 e. The van der Waals surface area contributed by atoms with Gasteiger partial charge in [-0.25, -0.2) is 0 Å². The number of hydrogen-bond acceptors (Lipinski definition) is 1. The third-order valence-electron chi connectivity index (χ3n) is 3.42. The standard InChI is InChI=1S/C17H16N2O/c1-19(2)17(20)13-5-3-12(4-6-13)14-7-8-16-15(11-14)9-10-18-16/h3-11,18H,1-2H3. The van der Waals surface area contributed by atoms with E-state index in [1.165, 1.54) is 5.39 Å². The van der Waals surface area contributed by atoms with Crippen molar-refractivity contribution in [2.24, 2.45) is 0 Å². The van der Waals surface area contributed by atoms with Crippen molar-refractivity contribution in [3.63, 3.8) is 0 Å². The normalized spacial score (nSPS) is 10.7. The van der Waals surface area contributed by atoms with Crippen molar-refractivity contribution >= 4 is 16.8 Å². The lowest BCUT2D eigenvalue weighted by atomic mass is 10.0. The molecule has 0 fully saturated rings. The Morgan fingerprint density at radius 3 is 2.35 bits per heavy atom. The minimum atomic E-state index is 0.0256. The fourth-order valence-electron chi connectivity index (χ4n) is 2.30. The van der Waals surface area contributed by atoms with Crippen LogP contribution in [0.2, 0.25) is 0 Å². The van der Waals surface area contributed by atoms with Gasteiger partial charge in [-0.3, -0.25) is 4.79 Å². The second-order valence-corrected chi connectivity index (χ2v) is 5.06. The summed E-state index contributed by atoms with van der Waals surface area (Å²) < 4.78 is 0. The van der Waals surface area contributed by atoms with E-state index in [2.05, 4.69) is 29.2 Å². The van der Waals surface area contributed by atoms with E-state index < -0.39 is 0 Å². The number of H-pyrrole nitrogens is 1. The molecule has 3 nitrogen and oxygen atoms in total. The Morgan fingerprint density at radius 1 is 0.950 bits per heavy atom. The Hall–Kier alpha value is -2.55. The second-order valence-electron chi connectivity index (χ2n) is 5.06. The first-order valence-corrected chi connectivity index (χ1v) is 6.54. The molecule has 0 atom stereocenters. The molecule has 0 bridgehead atoms. The fourth-order valence-corrected chi connectivity index (χ4v) is 2.30. The van der Waals surface area contributed by atoms with Crippen molar-refractivity contribution in [1.29, 1.82) is 0 Å². The highest BCUT2D eigenvalue weighted by Gasteiger charge is 2.08. The number of aromatic nitrogens is 1. The number of rotatable bonds is 2. The Labute approximate surface area is 117 Å². The van der Waals surface area contributed by atoms with Crippen molar-refractivity contribution in [3.8, 4) is 11.1 Å². The summed E-state index contributed by atoms with van der Waals surface area (Å²) in [6.45, 7) is 0. The topological polar surface area (TPSA) is 36.1 Å². The van der Waals surface area contributed by atoms with Crippen LogP contribution in [0.1, 0.15) is 10.4 Å². The van der Waals surface area contributed by atoms with Gasteiger partial charge < -0.3 is 9.88 Å². The Morgan fingerprint density at radius 2 is 1.65 bits per heavy atom. The largest absolute Gasteiger partial charge is 0.361 e. The van der Waals surface area contributed by atoms with Gasteiger partial charge in [0.05, 0.1) is 0 Å². The summed E-state index contributed by atoms with van der Waals surface area (Å²) in [6, 6.07) is 16.1. The number of hydrogen-bond donors (Lipinski definition) is 1. The molecule has 1 N–H and O–H groups in total. The molecule has 20 heavy (non-hydrogen) atoms. The third-order valence-corrected chi connectivity index (χ3v) is 3.42. The first kappa shape index (κ1) is 12.5. The van der Waals surface area contributed by atoms with Gasteiger partial charge in [-0.05, 0) is 46.8 Å². The minimum absolute atomic E-state index is 0.0256. The van der Waals surface area contributed by atoms with Crippen LogP contribution in [0.4, 0.5) is 0 Å². The number of fused-ring (bicyclic) bond motifs is 1. The molecule has 0 radical (unpaired) electrons. The first-order chi connectivity index (χ1) is 9.65. The van der Waals surface area contributed by atoms with Gasteiger partial charge in [0, 0.05) is 31.4 Å². The average molecular weight is 264 g/mol. The molecule has 1 amide bonds. The number of amides is 1. The van der Waals surface area contributed by atoms with E-state index in [0.717, 1.165) is 16.6 Å². The fraction of sp³-hybridized carbons (Fsp3) is 0.118. The van der Waals surface area contributed by atoms with Gasteiger partial charge in [0.1, 0.15) is 0 Å². The number of benzene rings is 2.